The minimum absolute atomic E-state index is 0.0741. The first-order valence-electron chi connectivity index (χ1n) is 6.84. The predicted octanol–water partition coefficient (Wildman–Crippen LogP) is 2.87. The summed E-state index contributed by atoms with van der Waals surface area (Å²) in [7, 11) is 0. The molecule has 2 unspecified atom stereocenters. The van der Waals surface area contributed by atoms with E-state index in [0.29, 0.717) is 29.5 Å². The molecule has 2 saturated heterocycles. The molecule has 5 heteroatoms. The molecule has 0 bridgehead atoms. The second kappa shape index (κ2) is 5.72. The number of carbonyl (C=O) groups is 1. The summed E-state index contributed by atoms with van der Waals surface area (Å²) in [5.41, 5.74) is 0.369. The maximum atomic E-state index is 10.7. The lowest BCUT2D eigenvalue weighted by Gasteiger charge is -2.37. The Morgan fingerprint density at radius 3 is 3.00 bits per heavy atom. The van der Waals surface area contributed by atoms with Crippen molar-refractivity contribution in [3.63, 3.8) is 0 Å². The average Bonchev–Trinajstić information content (AvgIpc) is 2.89. The zero-order chi connectivity index (χ0) is 14.0. The molecule has 2 fully saturated rings. The van der Waals surface area contributed by atoms with E-state index < -0.39 is 0 Å². The molecular weight excluding hydrogens is 280 g/mol. The van der Waals surface area contributed by atoms with Gasteiger partial charge in [0.25, 0.3) is 0 Å². The van der Waals surface area contributed by atoms with Crippen molar-refractivity contribution in [3.8, 4) is 5.75 Å². The van der Waals surface area contributed by atoms with Crippen LogP contribution in [0.5, 0.6) is 5.75 Å². The Hall–Kier alpha value is -1.10. The largest absolute Gasteiger partial charge is 0.489 e. The summed E-state index contributed by atoms with van der Waals surface area (Å²) in [6.45, 7) is 2.07. The fraction of sp³-hybridized carbons (Fsp3) is 0.533. The maximum Gasteiger partial charge on any atom is 0.150 e. The van der Waals surface area contributed by atoms with Gasteiger partial charge in [-0.1, -0.05) is 11.6 Å². The van der Waals surface area contributed by atoms with Crippen LogP contribution in [0.3, 0.4) is 0 Å². The number of carbonyl (C=O) groups excluding carboxylic acids is 1. The van der Waals surface area contributed by atoms with Gasteiger partial charge in [0.2, 0.25) is 0 Å². The van der Waals surface area contributed by atoms with Crippen LogP contribution in [0, 0.1) is 0 Å². The summed E-state index contributed by atoms with van der Waals surface area (Å²) in [5.74, 6) is 0.623. The minimum Gasteiger partial charge on any atom is -0.489 e. The van der Waals surface area contributed by atoms with Crippen molar-refractivity contribution in [2.24, 2.45) is 0 Å². The van der Waals surface area contributed by atoms with Crippen molar-refractivity contribution in [3.05, 3.63) is 28.8 Å². The van der Waals surface area contributed by atoms with Gasteiger partial charge in [0.15, 0.2) is 0 Å². The van der Waals surface area contributed by atoms with Crippen molar-refractivity contribution in [2.75, 3.05) is 19.8 Å². The van der Waals surface area contributed by atoms with Crippen LogP contribution in [0.15, 0.2) is 18.2 Å². The molecule has 0 aromatic heterocycles. The number of ether oxygens (including phenoxy) is 3. The first kappa shape index (κ1) is 13.9. The molecule has 0 saturated carbocycles. The van der Waals surface area contributed by atoms with Crippen molar-refractivity contribution in [1.82, 2.24) is 0 Å². The summed E-state index contributed by atoms with van der Waals surface area (Å²) >= 11 is 6.14. The van der Waals surface area contributed by atoms with E-state index in [1.807, 2.05) is 0 Å². The first-order valence-corrected chi connectivity index (χ1v) is 7.22. The molecule has 2 aliphatic rings. The highest BCUT2D eigenvalue weighted by atomic mass is 35.5. The molecule has 0 N–H and O–H groups in total. The Balaban J connectivity index is 1.69. The van der Waals surface area contributed by atoms with Crippen LogP contribution in [0.2, 0.25) is 5.02 Å². The number of halogens is 1. The lowest BCUT2D eigenvalue weighted by molar-refractivity contribution is -0.112. The highest BCUT2D eigenvalue weighted by Crippen LogP contribution is 2.35. The van der Waals surface area contributed by atoms with E-state index in [4.69, 9.17) is 25.8 Å². The average molecular weight is 297 g/mol. The smallest absolute Gasteiger partial charge is 0.150 e. The SMILES string of the molecule is O=Cc1ccc(OC2CCOC3(CCOC3)C2)c(Cl)c1. The Bertz CT molecular complexity index is 497. The second-order valence-electron chi connectivity index (χ2n) is 5.37. The summed E-state index contributed by atoms with van der Waals surface area (Å²) in [6, 6.07) is 5.08. The number of hydrogen-bond donors (Lipinski definition) is 0. The molecule has 1 aromatic rings. The summed E-state index contributed by atoms with van der Waals surface area (Å²) in [5, 5.41) is 0.470. The topological polar surface area (TPSA) is 44.8 Å². The Labute approximate surface area is 123 Å². The van der Waals surface area contributed by atoms with Crippen LogP contribution in [0.4, 0.5) is 0 Å². The number of benzene rings is 1. The number of rotatable bonds is 3. The van der Waals surface area contributed by atoms with E-state index in [9.17, 15) is 4.79 Å². The summed E-state index contributed by atoms with van der Waals surface area (Å²) in [6.07, 6.45) is 3.43. The van der Waals surface area contributed by atoms with Gasteiger partial charge in [-0.3, -0.25) is 4.79 Å². The van der Waals surface area contributed by atoms with Crippen molar-refractivity contribution >= 4 is 17.9 Å². The highest BCUT2D eigenvalue weighted by Gasteiger charge is 2.41. The summed E-state index contributed by atoms with van der Waals surface area (Å²) in [4.78, 5) is 10.7. The third-order valence-corrected chi connectivity index (χ3v) is 4.20. The predicted molar refractivity (Wildman–Crippen MR) is 74.6 cm³/mol. The van der Waals surface area contributed by atoms with Crippen LogP contribution in [0.1, 0.15) is 29.6 Å². The fourth-order valence-electron chi connectivity index (χ4n) is 2.81. The van der Waals surface area contributed by atoms with E-state index in [2.05, 4.69) is 0 Å². The molecule has 1 aromatic carbocycles. The molecule has 0 aliphatic carbocycles. The zero-order valence-corrected chi connectivity index (χ0v) is 11.9. The van der Waals surface area contributed by atoms with E-state index in [-0.39, 0.29) is 11.7 Å². The van der Waals surface area contributed by atoms with Gasteiger partial charge in [0.1, 0.15) is 18.1 Å². The van der Waals surface area contributed by atoms with Crippen molar-refractivity contribution < 1.29 is 19.0 Å². The van der Waals surface area contributed by atoms with Crippen LogP contribution < -0.4 is 4.74 Å². The third kappa shape index (κ3) is 2.82. The van der Waals surface area contributed by atoms with Crippen LogP contribution in [-0.2, 0) is 9.47 Å². The monoisotopic (exact) mass is 296 g/mol. The Morgan fingerprint density at radius 2 is 2.30 bits per heavy atom. The number of hydrogen-bond acceptors (Lipinski definition) is 4. The molecule has 20 heavy (non-hydrogen) atoms. The lowest BCUT2D eigenvalue weighted by atomic mass is 9.91. The quantitative estimate of drug-likeness (QED) is 0.805. The lowest BCUT2D eigenvalue weighted by Crippen LogP contribution is -2.44. The van der Waals surface area contributed by atoms with Gasteiger partial charge >= 0.3 is 0 Å². The Morgan fingerprint density at radius 1 is 1.40 bits per heavy atom. The van der Waals surface area contributed by atoms with Crippen LogP contribution >= 0.6 is 11.6 Å². The molecular formula is C15H17ClO4. The number of aldehydes is 1. The first-order chi connectivity index (χ1) is 9.71. The van der Waals surface area contributed by atoms with Gasteiger partial charge in [-0.25, -0.2) is 0 Å². The van der Waals surface area contributed by atoms with E-state index in [0.717, 1.165) is 32.2 Å². The minimum atomic E-state index is -0.182. The standard InChI is InChI=1S/C15H17ClO4/c16-13-7-11(9-17)1-2-14(13)20-12-3-5-19-15(8-12)4-6-18-10-15/h1-2,7,9,12H,3-6,8,10H2. The fourth-order valence-corrected chi connectivity index (χ4v) is 3.05. The highest BCUT2D eigenvalue weighted by molar-refractivity contribution is 6.32. The molecule has 2 aliphatic heterocycles. The second-order valence-corrected chi connectivity index (χ2v) is 5.78. The van der Waals surface area contributed by atoms with Gasteiger partial charge in [-0.05, 0) is 18.2 Å². The molecule has 0 amide bonds. The van der Waals surface area contributed by atoms with E-state index in [1.165, 1.54) is 0 Å². The van der Waals surface area contributed by atoms with Crippen molar-refractivity contribution in [2.45, 2.75) is 31.0 Å². The van der Waals surface area contributed by atoms with Gasteiger partial charge in [0, 0.05) is 31.4 Å². The zero-order valence-electron chi connectivity index (χ0n) is 11.1. The summed E-state index contributed by atoms with van der Waals surface area (Å²) < 4.78 is 17.3. The molecule has 2 atom stereocenters. The van der Waals surface area contributed by atoms with Crippen LogP contribution in [0.25, 0.3) is 0 Å². The van der Waals surface area contributed by atoms with Gasteiger partial charge in [-0.2, -0.15) is 0 Å². The van der Waals surface area contributed by atoms with E-state index >= 15 is 0 Å². The molecule has 4 nitrogen and oxygen atoms in total. The molecule has 2 heterocycles. The van der Waals surface area contributed by atoms with Gasteiger partial charge < -0.3 is 14.2 Å². The molecule has 3 rings (SSSR count). The Kier molecular flexibility index (Phi) is 3.96. The molecule has 1 spiro atoms. The maximum absolute atomic E-state index is 10.7. The van der Waals surface area contributed by atoms with Gasteiger partial charge in [-0.15, -0.1) is 0 Å². The van der Waals surface area contributed by atoms with E-state index in [1.54, 1.807) is 18.2 Å². The third-order valence-electron chi connectivity index (χ3n) is 3.90. The van der Waals surface area contributed by atoms with Crippen molar-refractivity contribution in [1.29, 1.82) is 0 Å². The molecule has 0 radical (unpaired) electrons. The molecule has 108 valence electrons. The van der Waals surface area contributed by atoms with Gasteiger partial charge in [0.05, 0.1) is 23.8 Å². The van der Waals surface area contributed by atoms with Crippen LogP contribution in [-0.4, -0.2) is 37.8 Å². The normalized spacial score (nSPS) is 29.6.